The second-order valence-electron chi connectivity index (χ2n) is 3.23. The molecule has 0 bridgehead atoms. The Hall–Kier alpha value is -0.780. The maximum absolute atomic E-state index is 12.1. The summed E-state index contributed by atoms with van der Waals surface area (Å²) in [6.45, 7) is 2.05. The van der Waals surface area contributed by atoms with Crippen molar-refractivity contribution in [2.75, 3.05) is 0 Å². The van der Waals surface area contributed by atoms with Crippen molar-refractivity contribution in [2.45, 2.75) is 19.8 Å². The number of halogens is 1. The zero-order valence-corrected chi connectivity index (χ0v) is 11.0. The van der Waals surface area contributed by atoms with E-state index >= 15 is 0 Å². The summed E-state index contributed by atoms with van der Waals surface area (Å²) in [5, 5.41) is 6.29. The van der Waals surface area contributed by atoms with Crippen LogP contribution in [-0.2, 0) is 6.42 Å². The Bertz CT molecular complexity index is 506. The molecule has 0 aliphatic heterocycles. The van der Waals surface area contributed by atoms with E-state index in [4.69, 9.17) is 11.6 Å². The molecule has 0 atom stereocenters. The van der Waals surface area contributed by atoms with Gasteiger partial charge in [-0.3, -0.25) is 4.79 Å². The van der Waals surface area contributed by atoms with Crippen LogP contribution in [0.2, 0.25) is 5.02 Å². The van der Waals surface area contributed by atoms with Gasteiger partial charge < -0.3 is 0 Å². The van der Waals surface area contributed by atoms with Crippen LogP contribution in [0.15, 0.2) is 11.4 Å². The number of hydrogen-bond donors (Lipinski definition) is 0. The van der Waals surface area contributed by atoms with Crippen LogP contribution < -0.4 is 0 Å². The van der Waals surface area contributed by atoms with E-state index in [9.17, 15) is 4.79 Å². The molecule has 0 aromatic carbocycles. The Morgan fingerprint density at radius 2 is 2.31 bits per heavy atom. The fourth-order valence-electron chi connectivity index (χ4n) is 1.34. The van der Waals surface area contributed by atoms with Crippen molar-refractivity contribution in [3.63, 3.8) is 0 Å². The van der Waals surface area contributed by atoms with Crippen molar-refractivity contribution < 1.29 is 4.79 Å². The van der Waals surface area contributed by atoms with Crippen LogP contribution in [0.3, 0.4) is 0 Å². The van der Waals surface area contributed by atoms with Crippen LogP contribution in [0, 0.1) is 0 Å². The van der Waals surface area contributed by atoms with Crippen LogP contribution >= 0.6 is 34.5 Å². The summed E-state index contributed by atoms with van der Waals surface area (Å²) >= 11 is 8.43. The van der Waals surface area contributed by atoms with Gasteiger partial charge in [0.05, 0.1) is 15.6 Å². The Labute approximate surface area is 106 Å². The maximum Gasteiger partial charge on any atom is 0.217 e. The van der Waals surface area contributed by atoms with Gasteiger partial charge in [-0.1, -0.05) is 29.4 Å². The topological polar surface area (TPSA) is 42.9 Å². The number of hydrogen-bond acceptors (Lipinski definition) is 5. The predicted octanol–water partition coefficient (Wildman–Crippen LogP) is 3.44. The third-order valence-electron chi connectivity index (χ3n) is 2.07. The van der Waals surface area contributed by atoms with Crippen molar-refractivity contribution >= 4 is 40.3 Å². The molecule has 0 saturated heterocycles. The quantitative estimate of drug-likeness (QED) is 0.801. The Morgan fingerprint density at radius 1 is 1.50 bits per heavy atom. The van der Waals surface area contributed by atoms with Gasteiger partial charge in [-0.2, -0.15) is 0 Å². The standard InChI is InChI=1S/C10H9ClN2OS2/c1-2-3-7-10(16-13-12-7)8(14)9-6(11)4-5-15-9/h4-5H,2-3H2,1H3. The fraction of sp³-hybridized carbons (Fsp3) is 0.300. The maximum atomic E-state index is 12.1. The fourth-order valence-corrected chi connectivity index (χ4v) is 3.15. The van der Waals surface area contributed by atoms with E-state index in [1.165, 1.54) is 11.3 Å². The van der Waals surface area contributed by atoms with E-state index in [1.807, 2.05) is 12.3 Å². The molecule has 0 fully saturated rings. The molecule has 2 aromatic rings. The third kappa shape index (κ3) is 2.16. The Kier molecular flexibility index (Phi) is 3.68. The number of aryl methyl sites for hydroxylation is 1. The minimum atomic E-state index is -0.0570. The van der Waals surface area contributed by atoms with Gasteiger partial charge in [-0.05, 0) is 29.4 Å². The van der Waals surface area contributed by atoms with Crippen LogP contribution in [0.1, 0.15) is 33.6 Å². The first-order chi connectivity index (χ1) is 7.74. The van der Waals surface area contributed by atoms with E-state index < -0.39 is 0 Å². The minimum Gasteiger partial charge on any atom is -0.287 e. The highest BCUT2D eigenvalue weighted by atomic mass is 35.5. The molecule has 2 rings (SSSR count). The molecule has 0 spiro atoms. The van der Waals surface area contributed by atoms with E-state index in [0.29, 0.717) is 14.8 Å². The molecule has 2 heterocycles. The summed E-state index contributed by atoms with van der Waals surface area (Å²) < 4.78 is 3.83. The number of carbonyl (C=O) groups is 1. The Morgan fingerprint density at radius 3 is 2.94 bits per heavy atom. The number of rotatable bonds is 4. The third-order valence-corrected chi connectivity index (χ3v) is 4.18. The molecule has 0 aliphatic carbocycles. The van der Waals surface area contributed by atoms with Crippen LogP contribution in [-0.4, -0.2) is 15.4 Å². The van der Waals surface area contributed by atoms with Crippen molar-refractivity contribution in [1.29, 1.82) is 0 Å². The van der Waals surface area contributed by atoms with Crippen LogP contribution in [0.5, 0.6) is 0 Å². The van der Waals surface area contributed by atoms with Gasteiger partial charge in [0.1, 0.15) is 4.88 Å². The first-order valence-electron chi connectivity index (χ1n) is 4.83. The molecule has 0 aliphatic rings. The number of carbonyl (C=O) groups excluding carboxylic acids is 1. The first-order valence-corrected chi connectivity index (χ1v) is 6.86. The molecule has 6 heteroatoms. The normalized spacial score (nSPS) is 10.6. The lowest BCUT2D eigenvalue weighted by molar-refractivity contribution is 0.104. The van der Waals surface area contributed by atoms with E-state index in [1.54, 1.807) is 6.07 Å². The Balaban J connectivity index is 2.34. The molecule has 2 aromatic heterocycles. The van der Waals surface area contributed by atoms with Crippen LogP contribution in [0.25, 0.3) is 0 Å². The SMILES string of the molecule is CCCc1nnsc1C(=O)c1sccc1Cl. The lowest BCUT2D eigenvalue weighted by atomic mass is 10.2. The summed E-state index contributed by atoms with van der Waals surface area (Å²) in [6.07, 6.45) is 1.73. The first kappa shape index (κ1) is 11.7. The molecule has 16 heavy (non-hydrogen) atoms. The lowest BCUT2D eigenvalue weighted by Gasteiger charge is -1.97. The lowest BCUT2D eigenvalue weighted by Crippen LogP contribution is -2.01. The van der Waals surface area contributed by atoms with Gasteiger partial charge in [0.15, 0.2) is 0 Å². The summed E-state index contributed by atoms with van der Waals surface area (Å²) in [5.74, 6) is -0.0570. The van der Waals surface area contributed by atoms with Crippen molar-refractivity contribution in [1.82, 2.24) is 9.59 Å². The second kappa shape index (κ2) is 5.03. The molecule has 0 unspecified atom stereocenters. The number of ketones is 1. The van der Waals surface area contributed by atoms with Gasteiger partial charge >= 0.3 is 0 Å². The molecule has 0 saturated carbocycles. The van der Waals surface area contributed by atoms with Crippen LogP contribution in [0.4, 0.5) is 0 Å². The van der Waals surface area contributed by atoms with Crippen molar-refractivity contribution in [3.8, 4) is 0 Å². The van der Waals surface area contributed by atoms with Gasteiger partial charge in [-0.25, -0.2) is 0 Å². The average molecular weight is 273 g/mol. The van der Waals surface area contributed by atoms with E-state index in [2.05, 4.69) is 9.59 Å². The monoisotopic (exact) mass is 272 g/mol. The average Bonchev–Trinajstić information content (AvgIpc) is 2.87. The van der Waals surface area contributed by atoms with E-state index in [-0.39, 0.29) is 5.78 Å². The highest BCUT2D eigenvalue weighted by Crippen LogP contribution is 2.27. The molecular weight excluding hydrogens is 264 g/mol. The summed E-state index contributed by atoms with van der Waals surface area (Å²) in [6, 6.07) is 1.73. The highest BCUT2D eigenvalue weighted by molar-refractivity contribution is 7.15. The number of nitrogens with zero attached hydrogens (tertiary/aromatic N) is 2. The zero-order chi connectivity index (χ0) is 11.5. The van der Waals surface area contributed by atoms with Gasteiger partial charge in [-0.15, -0.1) is 16.4 Å². The molecule has 3 nitrogen and oxygen atoms in total. The largest absolute Gasteiger partial charge is 0.287 e. The van der Waals surface area contributed by atoms with Gasteiger partial charge in [0.25, 0.3) is 0 Å². The molecule has 84 valence electrons. The smallest absolute Gasteiger partial charge is 0.217 e. The number of thiophene rings is 1. The molecular formula is C10H9ClN2OS2. The molecule has 0 radical (unpaired) electrons. The van der Waals surface area contributed by atoms with E-state index in [0.717, 1.165) is 30.1 Å². The summed E-state index contributed by atoms with van der Waals surface area (Å²) in [5.41, 5.74) is 0.780. The second-order valence-corrected chi connectivity index (χ2v) is 5.30. The predicted molar refractivity (Wildman–Crippen MR) is 66.7 cm³/mol. The zero-order valence-electron chi connectivity index (χ0n) is 8.57. The van der Waals surface area contributed by atoms with Crippen molar-refractivity contribution in [3.05, 3.63) is 31.9 Å². The minimum absolute atomic E-state index is 0.0570. The van der Waals surface area contributed by atoms with Gasteiger partial charge in [0.2, 0.25) is 5.78 Å². The summed E-state index contributed by atoms with van der Waals surface area (Å²) in [4.78, 5) is 13.3. The van der Waals surface area contributed by atoms with Gasteiger partial charge in [0, 0.05) is 0 Å². The highest BCUT2D eigenvalue weighted by Gasteiger charge is 2.20. The molecule has 0 amide bonds. The van der Waals surface area contributed by atoms with Crippen molar-refractivity contribution in [2.24, 2.45) is 0 Å². The molecule has 0 N–H and O–H groups in total. The summed E-state index contributed by atoms with van der Waals surface area (Å²) in [7, 11) is 0. The number of aromatic nitrogens is 2.